The first-order valence-electron chi connectivity index (χ1n) is 9.12. The molecule has 3 heterocycles. The van der Waals surface area contributed by atoms with E-state index in [9.17, 15) is 5.11 Å². The van der Waals surface area contributed by atoms with Crippen LogP contribution in [0.5, 0.6) is 11.6 Å². The van der Waals surface area contributed by atoms with Gasteiger partial charge in [-0.1, -0.05) is 42.5 Å². The summed E-state index contributed by atoms with van der Waals surface area (Å²) in [7, 11) is 0. The van der Waals surface area contributed by atoms with Gasteiger partial charge >= 0.3 is 0 Å². The number of rotatable bonds is 3. The van der Waals surface area contributed by atoms with E-state index >= 15 is 0 Å². The highest BCUT2D eigenvalue weighted by Gasteiger charge is 2.33. The van der Waals surface area contributed by atoms with E-state index in [0.29, 0.717) is 18.0 Å². The van der Waals surface area contributed by atoms with Crippen LogP contribution in [0.4, 0.5) is 0 Å². The van der Waals surface area contributed by atoms with Crippen LogP contribution in [0.2, 0.25) is 0 Å². The highest BCUT2D eigenvalue weighted by atomic mass is 16.5. The van der Waals surface area contributed by atoms with Crippen LogP contribution in [0.1, 0.15) is 22.6 Å². The zero-order valence-electron chi connectivity index (χ0n) is 15.0. The van der Waals surface area contributed by atoms with Crippen molar-refractivity contribution < 1.29 is 9.84 Å². The fourth-order valence-electron chi connectivity index (χ4n) is 3.87. The lowest BCUT2D eigenvalue weighted by atomic mass is 9.83. The summed E-state index contributed by atoms with van der Waals surface area (Å²) in [5.74, 6) is 0.978. The lowest BCUT2D eigenvalue weighted by Crippen LogP contribution is -2.30. The number of ether oxygens (including phenoxy) is 1. The number of benzene rings is 2. The Morgan fingerprint density at radius 3 is 2.82 bits per heavy atom. The van der Waals surface area contributed by atoms with Crippen molar-refractivity contribution in [3.8, 4) is 11.6 Å². The molecule has 2 N–H and O–H groups in total. The zero-order valence-corrected chi connectivity index (χ0v) is 15.0. The molecule has 0 amide bonds. The first kappa shape index (κ1) is 16.6. The Morgan fingerprint density at radius 2 is 2.00 bits per heavy atom. The molecule has 1 atom stereocenters. The smallest absolute Gasteiger partial charge is 0.228 e. The molecule has 0 saturated carbocycles. The van der Waals surface area contributed by atoms with Gasteiger partial charge in [-0.05, 0) is 17.0 Å². The quantitative estimate of drug-likeness (QED) is 0.511. The van der Waals surface area contributed by atoms with Crippen molar-refractivity contribution in [1.82, 2.24) is 14.5 Å². The molecule has 28 heavy (non-hydrogen) atoms. The first-order valence-corrected chi connectivity index (χ1v) is 9.12. The van der Waals surface area contributed by atoms with Crippen LogP contribution >= 0.6 is 0 Å². The molecule has 0 bridgehead atoms. The van der Waals surface area contributed by atoms with Crippen LogP contribution in [0.25, 0.3) is 10.8 Å². The SMILES string of the molecule is N=c1c2c(ncn1CCO)Oc1c(ccc3ccccc13)C2c1cccnc1. The maximum Gasteiger partial charge on any atom is 0.228 e. The van der Waals surface area contributed by atoms with Gasteiger partial charge in [0.25, 0.3) is 0 Å². The van der Waals surface area contributed by atoms with Crippen LogP contribution in [-0.4, -0.2) is 26.2 Å². The zero-order chi connectivity index (χ0) is 19.1. The van der Waals surface area contributed by atoms with Crippen molar-refractivity contribution in [2.75, 3.05) is 6.61 Å². The minimum absolute atomic E-state index is 0.0589. The molecule has 138 valence electrons. The summed E-state index contributed by atoms with van der Waals surface area (Å²) in [6, 6.07) is 16.1. The molecular formula is C22H18N4O2. The molecule has 0 spiro atoms. The van der Waals surface area contributed by atoms with Crippen LogP contribution in [0.3, 0.4) is 0 Å². The van der Waals surface area contributed by atoms with Gasteiger partial charge in [-0.3, -0.25) is 10.4 Å². The normalized spacial score (nSPS) is 15.0. The number of aliphatic hydroxyl groups is 1. The maximum absolute atomic E-state index is 9.33. The molecule has 6 heteroatoms. The first-order chi connectivity index (χ1) is 13.8. The standard InChI is InChI=1S/C22H18N4O2/c23-21-19-18(15-5-3-9-24-12-15)17-8-7-14-4-1-2-6-16(14)20(17)28-22(19)25-13-26(21)10-11-27/h1-9,12-13,18,23,27H,10-11H2. The van der Waals surface area contributed by atoms with E-state index in [1.165, 1.54) is 0 Å². The number of nitrogens with zero attached hydrogens (tertiary/aromatic N) is 3. The predicted octanol–water partition coefficient (Wildman–Crippen LogP) is 3.19. The Kier molecular flexibility index (Phi) is 3.91. The van der Waals surface area contributed by atoms with Crippen molar-refractivity contribution in [3.05, 3.63) is 89.4 Å². The van der Waals surface area contributed by atoms with Gasteiger partial charge in [-0.2, -0.15) is 0 Å². The third kappa shape index (κ3) is 2.50. The average molecular weight is 370 g/mol. The summed E-state index contributed by atoms with van der Waals surface area (Å²) in [4.78, 5) is 8.76. The fraction of sp³-hybridized carbons (Fsp3) is 0.136. The third-order valence-electron chi connectivity index (χ3n) is 5.15. The van der Waals surface area contributed by atoms with Crippen LogP contribution in [-0.2, 0) is 6.54 Å². The number of aromatic nitrogens is 3. The Bertz CT molecular complexity index is 1230. The van der Waals surface area contributed by atoms with Crippen LogP contribution in [0, 0.1) is 5.41 Å². The molecule has 1 aliphatic rings. The number of nitrogens with one attached hydrogen (secondary N) is 1. The van der Waals surface area contributed by atoms with Gasteiger partial charge in [-0.15, -0.1) is 0 Å². The third-order valence-corrected chi connectivity index (χ3v) is 5.15. The van der Waals surface area contributed by atoms with Gasteiger partial charge in [0.05, 0.1) is 12.2 Å². The van der Waals surface area contributed by atoms with E-state index in [4.69, 9.17) is 10.1 Å². The average Bonchev–Trinajstić information content (AvgIpc) is 2.75. The van der Waals surface area contributed by atoms with Gasteiger partial charge < -0.3 is 14.4 Å². The maximum atomic E-state index is 9.33. The summed E-state index contributed by atoms with van der Waals surface area (Å²) >= 11 is 0. The predicted molar refractivity (Wildman–Crippen MR) is 104 cm³/mol. The Morgan fingerprint density at radius 1 is 1.11 bits per heavy atom. The summed E-state index contributed by atoms with van der Waals surface area (Å²) in [5, 5.41) is 20.2. The Labute approximate surface area is 161 Å². The lowest BCUT2D eigenvalue weighted by Gasteiger charge is -2.29. The molecule has 2 aromatic carbocycles. The molecule has 4 aromatic rings. The number of aliphatic hydroxyl groups excluding tert-OH is 1. The summed E-state index contributed by atoms with van der Waals surface area (Å²) < 4.78 is 7.87. The topological polar surface area (TPSA) is 84.0 Å². The minimum Gasteiger partial charge on any atom is -0.438 e. The van der Waals surface area contributed by atoms with E-state index in [2.05, 4.69) is 28.2 Å². The Balaban J connectivity index is 1.83. The number of hydrogen-bond acceptors (Lipinski definition) is 5. The van der Waals surface area contributed by atoms with E-state index in [0.717, 1.165) is 27.6 Å². The summed E-state index contributed by atoms with van der Waals surface area (Å²) in [6.07, 6.45) is 5.11. The van der Waals surface area contributed by atoms with Gasteiger partial charge in [0.15, 0.2) is 0 Å². The van der Waals surface area contributed by atoms with Gasteiger partial charge in [0.1, 0.15) is 17.6 Å². The van der Waals surface area contributed by atoms with Crippen molar-refractivity contribution in [1.29, 1.82) is 5.41 Å². The van der Waals surface area contributed by atoms with Crippen molar-refractivity contribution in [2.45, 2.75) is 12.5 Å². The van der Waals surface area contributed by atoms with E-state index < -0.39 is 0 Å². The van der Waals surface area contributed by atoms with Gasteiger partial charge in [0.2, 0.25) is 5.88 Å². The molecule has 6 nitrogen and oxygen atoms in total. The van der Waals surface area contributed by atoms with Gasteiger partial charge in [-0.25, -0.2) is 4.98 Å². The lowest BCUT2D eigenvalue weighted by molar-refractivity contribution is 0.271. The van der Waals surface area contributed by atoms with Crippen LogP contribution < -0.4 is 10.2 Å². The fourth-order valence-corrected chi connectivity index (χ4v) is 3.87. The minimum atomic E-state index is -0.219. The number of pyridine rings is 1. The van der Waals surface area contributed by atoms with Crippen molar-refractivity contribution in [3.63, 3.8) is 0 Å². The number of fused-ring (bicyclic) bond motifs is 4. The molecule has 0 radical (unpaired) electrons. The molecule has 2 aromatic heterocycles. The highest BCUT2D eigenvalue weighted by Crippen LogP contribution is 2.47. The van der Waals surface area contributed by atoms with Crippen LogP contribution in [0.15, 0.2) is 67.3 Å². The van der Waals surface area contributed by atoms with E-state index in [1.54, 1.807) is 17.1 Å². The van der Waals surface area contributed by atoms with E-state index in [-0.39, 0.29) is 18.0 Å². The largest absolute Gasteiger partial charge is 0.438 e. The molecule has 0 fully saturated rings. The Hall–Kier alpha value is -3.51. The van der Waals surface area contributed by atoms with Gasteiger partial charge in [0, 0.05) is 35.8 Å². The molecule has 0 saturated heterocycles. The highest BCUT2D eigenvalue weighted by molar-refractivity contribution is 5.91. The monoisotopic (exact) mass is 370 g/mol. The second kappa shape index (κ2) is 6.58. The second-order valence-corrected chi connectivity index (χ2v) is 6.76. The molecule has 1 aliphatic heterocycles. The second-order valence-electron chi connectivity index (χ2n) is 6.76. The van der Waals surface area contributed by atoms with E-state index in [1.807, 2.05) is 36.5 Å². The molecule has 5 rings (SSSR count). The van der Waals surface area contributed by atoms with Crippen molar-refractivity contribution in [2.24, 2.45) is 0 Å². The summed E-state index contributed by atoms with van der Waals surface area (Å²) in [5.41, 5.74) is 2.93. The van der Waals surface area contributed by atoms with Crippen molar-refractivity contribution >= 4 is 10.8 Å². The molecule has 0 aliphatic carbocycles. The molecule has 1 unspecified atom stereocenters. The summed E-state index contributed by atoms with van der Waals surface area (Å²) in [6.45, 7) is 0.250. The number of hydrogen-bond donors (Lipinski definition) is 2. The molecular weight excluding hydrogens is 352 g/mol.